The van der Waals surface area contributed by atoms with E-state index in [-0.39, 0.29) is 5.91 Å². The molecule has 0 unspecified atom stereocenters. The summed E-state index contributed by atoms with van der Waals surface area (Å²) in [7, 11) is 0. The fourth-order valence-corrected chi connectivity index (χ4v) is 2.75. The van der Waals surface area contributed by atoms with E-state index in [9.17, 15) is 4.79 Å². The van der Waals surface area contributed by atoms with Crippen LogP contribution in [0, 0.1) is 5.92 Å². The van der Waals surface area contributed by atoms with E-state index in [0.29, 0.717) is 12.0 Å². The Labute approximate surface area is 110 Å². The second-order valence-corrected chi connectivity index (χ2v) is 5.66. The van der Waals surface area contributed by atoms with E-state index in [0.717, 1.165) is 12.1 Å². The van der Waals surface area contributed by atoms with Crippen molar-refractivity contribution < 1.29 is 4.79 Å². The molecule has 0 heterocycles. The van der Waals surface area contributed by atoms with Crippen molar-refractivity contribution in [1.29, 1.82) is 0 Å². The zero-order chi connectivity index (χ0) is 13.0. The fourth-order valence-electron chi connectivity index (χ4n) is 2.75. The van der Waals surface area contributed by atoms with Gasteiger partial charge in [0.25, 0.3) is 5.91 Å². The van der Waals surface area contributed by atoms with Gasteiger partial charge in [0, 0.05) is 18.2 Å². The summed E-state index contributed by atoms with van der Waals surface area (Å²) in [6.07, 6.45) is 4.87. The van der Waals surface area contributed by atoms with Gasteiger partial charge in [0.1, 0.15) is 0 Å². The number of hydrogen-bond donors (Lipinski definition) is 0. The maximum atomic E-state index is 12.6. The highest BCUT2D eigenvalue weighted by Gasteiger charge is 2.27. The number of hydrogen-bond acceptors (Lipinski definition) is 1. The molecular formula is C16H23NO. The lowest BCUT2D eigenvalue weighted by atomic mass is 10.1. The van der Waals surface area contributed by atoms with E-state index in [1.807, 2.05) is 30.3 Å². The molecule has 1 fully saturated rings. The second-order valence-electron chi connectivity index (χ2n) is 5.66. The van der Waals surface area contributed by atoms with Crippen molar-refractivity contribution in [3.8, 4) is 0 Å². The maximum absolute atomic E-state index is 12.6. The second kappa shape index (κ2) is 6.03. The highest BCUT2D eigenvalue weighted by atomic mass is 16.2. The van der Waals surface area contributed by atoms with Crippen molar-refractivity contribution >= 4 is 5.91 Å². The molecule has 0 atom stereocenters. The van der Waals surface area contributed by atoms with Crippen LogP contribution in [-0.4, -0.2) is 23.4 Å². The van der Waals surface area contributed by atoms with E-state index in [2.05, 4.69) is 18.7 Å². The molecule has 0 aliphatic heterocycles. The first-order chi connectivity index (χ1) is 8.68. The van der Waals surface area contributed by atoms with Crippen LogP contribution in [-0.2, 0) is 0 Å². The van der Waals surface area contributed by atoms with Crippen molar-refractivity contribution in [3.63, 3.8) is 0 Å². The van der Waals surface area contributed by atoms with E-state index in [4.69, 9.17) is 0 Å². The minimum Gasteiger partial charge on any atom is -0.335 e. The lowest BCUT2D eigenvalue weighted by molar-refractivity contribution is 0.0655. The minimum atomic E-state index is 0.205. The first-order valence-electron chi connectivity index (χ1n) is 7.04. The molecule has 1 aliphatic carbocycles. The van der Waals surface area contributed by atoms with Gasteiger partial charge in [-0.3, -0.25) is 4.79 Å². The quantitative estimate of drug-likeness (QED) is 0.791. The maximum Gasteiger partial charge on any atom is 0.254 e. The average molecular weight is 245 g/mol. The van der Waals surface area contributed by atoms with Crippen LogP contribution in [0.25, 0.3) is 0 Å². The summed E-state index contributed by atoms with van der Waals surface area (Å²) in [5, 5.41) is 0. The molecule has 18 heavy (non-hydrogen) atoms. The first kappa shape index (κ1) is 13.1. The van der Waals surface area contributed by atoms with Crippen LogP contribution in [0.2, 0.25) is 0 Å². The third-order valence-corrected chi connectivity index (χ3v) is 3.61. The number of nitrogens with zero attached hydrogens (tertiary/aromatic N) is 1. The van der Waals surface area contributed by atoms with Gasteiger partial charge < -0.3 is 4.90 Å². The van der Waals surface area contributed by atoms with Gasteiger partial charge in [-0.05, 0) is 30.9 Å². The summed E-state index contributed by atoms with van der Waals surface area (Å²) < 4.78 is 0. The Bertz CT molecular complexity index is 379. The largest absolute Gasteiger partial charge is 0.335 e. The molecule has 2 nitrogen and oxygen atoms in total. The monoisotopic (exact) mass is 245 g/mol. The van der Waals surface area contributed by atoms with Crippen molar-refractivity contribution in [2.75, 3.05) is 6.54 Å². The van der Waals surface area contributed by atoms with Gasteiger partial charge in [-0.2, -0.15) is 0 Å². The van der Waals surface area contributed by atoms with E-state index >= 15 is 0 Å². The summed E-state index contributed by atoms with van der Waals surface area (Å²) in [4.78, 5) is 14.7. The first-order valence-corrected chi connectivity index (χ1v) is 7.04. The Morgan fingerprint density at radius 3 is 2.39 bits per heavy atom. The smallest absolute Gasteiger partial charge is 0.254 e. The number of rotatable bonds is 4. The van der Waals surface area contributed by atoms with Gasteiger partial charge in [0.15, 0.2) is 0 Å². The summed E-state index contributed by atoms with van der Waals surface area (Å²) in [6.45, 7) is 5.23. The third-order valence-electron chi connectivity index (χ3n) is 3.61. The highest BCUT2D eigenvalue weighted by Crippen LogP contribution is 2.25. The van der Waals surface area contributed by atoms with Crippen LogP contribution in [0.3, 0.4) is 0 Å². The average Bonchev–Trinajstić information content (AvgIpc) is 2.89. The standard InChI is InChI=1S/C16H23NO/c1-13(2)12-17(15-10-6-7-11-15)16(18)14-8-4-3-5-9-14/h3-5,8-9,13,15H,6-7,10-12H2,1-2H3. The zero-order valence-corrected chi connectivity index (χ0v) is 11.4. The van der Waals surface area contributed by atoms with Gasteiger partial charge in [0.2, 0.25) is 0 Å². The summed E-state index contributed by atoms with van der Waals surface area (Å²) >= 11 is 0. The van der Waals surface area contributed by atoms with Crippen molar-refractivity contribution in [2.24, 2.45) is 5.92 Å². The predicted octanol–water partition coefficient (Wildman–Crippen LogP) is 3.73. The van der Waals surface area contributed by atoms with Crippen molar-refractivity contribution in [2.45, 2.75) is 45.6 Å². The van der Waals surface area contributed by atoms with Crippen LogP contribution >= 0.6 is 0 Å². The molecule has 2 rings (SSSR count). The van der Waals surface area contributed by atoms with E-state index in [1.54, 1.807) is 0 Å². The van der Waals surface area contributed by atoms with Gasteiger partial charge in [-0.15, -0.1) is 0 Å². The Hall–Kier alpha value is -1.31. The topological polar surface area (TPSA) is 20.3 Å². The summed E-state index contributed by atoms with van der Waals surface area (Å²) in [6, 6.07) is 10.1. The lowest BCUT2D eigenvalue weighted by Crippen LogP contribution is -2.41. The Kier molecular flexibility index (Phi) is 4.40. The van der Waals surface area contributed by atoms with Gasteiger partial charge >= 0.3 is 0 Å². The molecular weight excluding hydrogens is 222 g/mol. The number of amides is 1. The van der Waals surface area contributed by atoms with Crippen LogP contribution in [0.4, 0.5) is 0 Å². The van der Waals surface area contributed by atoms with Crippen LogP contribution in [0.5, 0.6) is 0 Å². The van der Waals surface area contributed by atoms with E-state index in [1.165, 1.54) is 25.7 Å². The van der Waals surface area contributed by atoms with Gasteiger partial charge in [0.05, 0.1) is 0 Å². The normalized spacial score (nSPS) is 16.2. The van der Waals surface area contributed by atoms with Crippen LogP contribution in [0.15, 0.2) is 30.3 Å². The van der Waals surface area contributed by atoms with Gasteiger partial charge in [-0.25, -0.2) is 0 Å². The Morgan fingerprint density at radius 2 is 1.83 bits per heavy atom. The Balaban J connectivity index is 2.15. The molecule has 1 aromatic rings. The SMILES string of the molecule is CC(C)CN(C(=O)c1ccccc1)C1CCCC1. The molecule has 1 aliphatic rings. The molecule has 0 bridgehead atoms. The molecule has 1 amide bonds. The lowest BCUT2D eigenvalue weighted by Gasteiger charge is -2.30. The molecule has 1 aromatic carbocycles. The third kappa shape index (κ3) is 3.12. The van der Waals surface area contributed by atoms with Gasteiger partial charge in [-0.1, -0.05) is 44.9 Å². The summed E-state index contributed by atoms with van der Waals surface area (Å²) in [5.41, 5.74) is 0.824. The Morgan fingerprint density at radius 1 is 1.22 bits per heavy atom. The molecule has 2 heteroatoms. The molecule has 1 saturated carbocycles. The molecule has 0 aromatic heterocycles. The number of benzene rings is 1. The highest BCUT2D eigenvalue weighted by molar-refractivity contribution is 5.94. The van der Waals surface area contributed by atoms with Crippen LogP contribution < -0.4 is 0 Å². The molecule has 0 N–H and O–H groups in total. The fraction of sp³-hybridized carbons (Fsp3) is 0.562. The molecule has 0 saturated heterocycles. The number of carbonyl (C=O) groups excluding carboxylic acids is 1. The van der Waals surface area contributed by atoms with Crippen LogP contribution in [0.1, 0.15) is 49.9 Å². The molecule has 0 radical (unpaired) electrons. The predicted molar refractivity (Wildman–Crippen MR) is 74.6 cm³/mol. The van der Waals surface area contributed by atoms with Crippen molar-refractivity contribution in [1.82, 2.24) is 4.90 Å². The minimum absolute atomic E-state index is 0.205. The molecule has 0 spiro atoms. The number of carbonyl (C=O) groups is 1. The molecule has 98 valence electrons. The van der Waals surface area contributed by atoms with E-state index < -0.39 is 0 Å². The summed E-state index contributed by atoms with van der Waals surface area (Å²) in [5.74, 6) is 0.731. The zero-order valence-electron chi connectivity index (χ0n) is 11.4. The van der Waals surface area contributed by atoms with Crippen molar-refractivity contribution in [3.05, 3.63) is 35.9 Å².